The summed E-state index contributed by atoms with van der Waals surface area (Å²) in [6.07, 6.45) is 1.85. The zero-order valence-electron chi connectivity index (χ0n) is 11.1. The maximum absolute atomic E-state index is 12.2. The summed E-state index contributed by atoms with van der Waals surface area (Å²) in [7, 11) is -3.28. The summed E-state index contributed by atoms with van der Waals surface area (Å²) in [5.74, 6) is 0.0657. The second kappa shape index (κ2) is 5.10. The predicted molar refractivity (Wildman–Crippen MR) is 73.3 cm³/mol. The summed E-state index contributed by atoms with van der Waals surface area (Å²) in [6, 6.07) is 6.49. The van der Waals surface area contributed by atoms with Gasteiger partial charge in [0, 0.05) is 16.7 Å². The molecule has 0 spiro atoms. The van der Waals surface area contributed by atoms with Crippen molar-refractivity contribution in [3.05, 3.63) is 29.8 Å². The summed E-state index contributed by atoms with van der Waals surface area (Å²) in [5, 5.41) is 0. The summed E-state index contributed by atoms with van der Waals surface area (Å²) in [6.45, 7) is 5.77. The van der Waals surface area contributed by atoms with Crippen molar-refractivity contribution < 1.29 is 13.2 Å². The molecule has 0 saturated carbocycles. The number of sulfonamides is 1. The summed E-state index contributed by atoms with van der Waals surface area (Å²) >= 11 is 0. The molecule has 1 aromatic rings. The number of benzene rings is 1. The van der Waals surface area contributed by atoms with E-state index in [0.29, 0.717) is 11.3 Å². The third-order valence-corrected chi connectivity index (χ3v) is 3.56. The zero-order chi connectivity index (χ0) is 14.0. The van der Waals surface area contributed by atoms with E-state index >= 15 is 0 Å². The molecule has 4 nitrogen and oxygen atoms in total. The van der Waals surface area contributed by atoms with Crippen LogP contribution in [0.4, 0.5) is 5.69 Å². The lowest BCUT2D eigenvalue weighted by atomic mass is 9.82. The van der Waals surface area contributed by atoms with Crippen LogP contribution in [0.5, 0.6) is 0 Å². The lowest BCUT2D eigenvalue weighted by molar-refractivity contribution is 0.0833. The SMILES string of the molecule is CCC(C)(C)C(=O)c1ccc(NS(C)(=O)=O)cc1. The second-order valence-electron chi connectivity index (χ2n) is 5.02. The van der Waals surface area contributed by atoms with Gasteiger partial charge in [-0.15, -0.1) is 0 Å². The fourth-order valence-corrected chi connectivity index (χ4v) is 2.02. The van der Waals surface area contributed by atoms with Gasteiger partial charge in [0.05, 0.1) is 6.26 Å². The first kappa shape index (κ1) is 14.7. The zero-order valence-corrected chi connectivity index (χ0v) is 12.0. The van der Waals surface area contributed by atoms with Crippen LogP contribution in [0.3, 0.4) is 0 Å². The Morgan fingerprint density at radius 3 is 2.11 bits per heavy atom. The number of rotatable bonds is 5. The summed E-state index contributed by atoms with van der Waals surface area (Å²) in [5.41, 5.74) is 0.662. The monoisotopic (exact) mass is 269 g/mol. The van der Waals surface area contributed by atoms with Crippen LogP contribution < -0.4 is 4.72 Å². The first-order valence-electron chi connectivity index (χ1n) is 5.78. The lowest BCUT2D eigenvalue weighted by Crippen LogP contribution is -2.23. The highest BCUT2D eigenvalue weighted by molar-refractivity contribution is 7.92. The molecule has 0 heterocycles. The molecule has 0 unspecified atom stereocenters. The molecule has 18 heavy (non-hydrogen) atoms. The van der Waals surface area contributed by atoms with E-state index in [1.807, 2.05) is 20.8 Å². The molecule has 0 radical (unpaired) electrons. The number of carbonyl (C=O) groups is 1. The smallest absolute Gasteiger partial charge is 0.229 e. The maximum Gasteiger partial charge on any atom is 0.229 e. The minimum absolute atomic E-state index is 0.0657. The molecular weight excluding hydrogens is 250 g/mol. The van der Waals surface area contributed by atoms with Gasteiger partial charge in [0.2, 0.25) is 10.0 Å². The van der Waals surface area contributed by atoms with Crippen LogP contribution in [0.2, 0.25) is 0 Å². The van der Waals surface area contributed by atoms with Gasteiger partial charge in [-0.2, -0.15) is 0 Å². The molecule has 1 rings (SSSR count). The minimum atomic E-state index is -3.28. The van der Waals surface area contributed by atoms with E-state index < -0.39 is 15.4 Å². The molecular formula is C13H19NO3S. The highest BCUT2D eigenvalue weighted by Crippen LogP contribution is 2.26. The quantitative estimate of drug-likeness (QED) is 0.836. The topological polar surface area (TPSA) is 63.2 Å². The second-order valence-corrected chi connectivity index (χ2v) is 6.77. The van der Waals surface area contributed by atoms with Crippen molar-refractivity contribution in [2.75, 3.05) is 11.0 Å². The average Bonchev–Trinajstić information content (AvgIpc) is 2.27. The first-order chi connectivity index (χ1) is 8.15. The normalized spacial score (nSPS) is 12.2. The molecule has 0 fully saturated rings. The van der Waals surface area contributed by atoms with Crippen LogP contribution >= 0.6 is 0 Å². The molecule has 0 amide bonds. The Morgan fingerprint density at radius 1 is 1.22 bits per heavy atom. The first-order valence-corrected chi connectivity index (χ1v) is 7.67. The van der Waals surface area contributed by atoms with Gasteiger partial charge in [0.15, 0.2) is 5.78 Å². The highest BCUT2D eigenvalue weighted by Gasteiger charge is 2.26. The number of Topliss-reactive ketones (excluding diaryl/α,β-unsaturated/α-hetero) is 1. The molecule has 0 aromatic heterocycles. The molecule has 0 aliphatic carbocycles. The maximum atomic E-state index is 12.2. The van der Waals surface area contributed by atoms with Gasteiger partial charge in [-0.3, -0.25) is 9.52 Å². The van der Waals surface area contributed by atoms with Crippen LogP contribution in [-0.4, -0.2) is 20.5 Å². The van der Waals surface area contributed by atoms with E-state index in [1.165, 1.54) is 0 Å². The van der Waals surface area contributed by atoms with Gasteiger partial charge in [-0.05, 0) is 30.7 Å². The fourth-order valence-electron chi connectivity index (χ4n) is 1.46. The van der Waals surface area contributed by atoms with Crippen LogP contribution in [-0.2, 0) is 10.0 Å². The van der Waals surface area contributed by atoms with Crippen LogP contribution in [0.1, 0.15) is 37.6 Å². The highest BCUT2D eigenvalue weighted by atomic mass is 32.2. The van der Waals surface area contributed by atoms with Crippen molar-refractivity contribution in [1.29, 1.82) is 0 Å². The summed E-state index contributed by atoms with van der Waals surface area (Å²) in [4.78, 5) is 12.2. The average molecular weight is 269 g/mol. The van der Waals surface area contributed by atoms with Crippen molar-refractivity contribution >= 4 is 21.5 Å². The molecule has 0 atom stereocenters. The van der Waals surface area contributed by atoms with Crippen molar-refractivity contribution in [2.45, 2.75) is 27.2 Å². The van der Waals surface area contributed by atoms with E-state index in [-0.39, 0.29) is 5.78 Å². The Morgan fingerprint density at radius 2 is 1.72 bits per heavy atom. The van der Waals surface area contributed by atoms with Crippen molar-refractivity contribution in [3.63, 3.8) is 0 Å². The molecule has 1 N–H and O–H groups in total. The Labute approximate surface area is 108 Å². The minimum Gasteiger partial charge on any atom is -0.294 e. The van der Waals surface area contributed by atoms with Crippen molar-refractivity contribution in [3.8, 4) is 0 Å². The predicted octanol–water partition coefficient (Wildman–Crippen LogP) is 2.68. The number of anilines is 1. The molecule has 0 bridgehead atoms. The standard InChI is InChI=1S/C13H19NO3S/c1-5-13(2,3)12(15)10-6-8-11(9-7-10)14-18(4,16)17/h6-9,14H,5H2,1-4H3. The number of ketones is 1. The molecule has 0 saturated heterocycles. The van der Waals surface area contributed by atoms with Crippen molar-refractivity contribution in [1.82, 2.24) is 0 Å². The third kappa shape index (κ3) is 3.84. The van der Waals surface area contributed by atoms with E-state index in [9.17, 15) is 13.2 Å². The lowest BCUT2D eigenvalue weighted by Gasteiger charge is -2.20. The van der Waals surface area contributed by atoms with Gasteiger partial charge in [-0.25, -0.2) is 8.42 Å². The Balaban J connectivity index is 2.93. The Hall–Kier alpha value is -1.36. The molecule has 100 valence electrons. The summed E-state index contributed by atoms with van der Waals surface area (Å²) < 4.78 is 24.5. The number of nitrogens with one attached hydrogen (secondary N) is 1. The fraction of sp³-hybridized carbons (Fsp3) is 0.462. The van der Waals surface area contributed by atoms with E-state index in [1.54, 1.807) is 24.3 Å². The van der Waals surface area contributed by atoms with Gasteiger partial charge < -0.3 is 0 Å². The van der Waals surface area contributed by atoms with Crippen molar-refractivity contribution in [2.24, 2.45) is 5.41 Å². The van der Waals surface area contributed by atoms with Crippen LogP contribution in [0, 0.1) is 5.41 Å². The van der Waals surface area contributed by atoms with Gasteiger partial charge >= 0.3 is 0 Å². The molecule has 5 heteroatoms. The Bertz CT molecular complexity index is 530. The number of carbonyl (C=O) groups excluding carboxylic acids is 1. The van der Waals surface area contributed by atoms with E-state index in [2.05, 4.69) is 4.72 Å². The van der Waals surface area contributed by atoms with Gasteiger partial charge in [0.1, 0.15) is 0 Å². The van der Waals surface area contributed by atoms with E-state index in [4.69, 9.17) is 0 Å². The van der Waals surface area contributed by atoms with Gasteiger partial charge in [0.25, 0.3) is 0 Å². The molecule has 1 aromatic carbocycles. The Kier molecular flexibility index (Phi) is 4.16. The largest absolute Gasteiger partial charge is 0.294 e. The van der Waals surface area contributed by atoms with Gasteiger partial charge in [-0.1, -0.05) is 20.8 Å². The molecule has 0 aliphatic rings. The van der Waals surface area contributed by atoms with Crippen LogP contribution in [0.25, 0.3) is 0 Å². The third-order valence-electron chi connectivity index (χ3n) is 2.95. The molecule has 0 aliphatic heterocycles. The van der Waals surface area contributed by atoms with Crippen LogP contribution in [0.15, 0.2) is 24.3 Å². The van der Waals surface area contributed by atoms with E-state index in [0.717, 1.165) is 12.7 Å². The number of hydrogen-bond acceptors (Lipinski definition) is 3. The number of hydrogen-bond donors (Lipinski definition) is 1.